The van der Waals surface area contributed by atoms with E-state index in [0.717, 1.165) is 34.1 Å². The van der Waals surface area contributed by atoms with Gasteiger partial charge in [-0.15, -0.1) is 0 Å². The largest absolute Gasteiger partial charge is 0.310 e. The lowest BCUT2D eigenvalue weighted by molar-refractivity contribution is 1.28. The van der Waals surface area contributed by atoms with Gasteiger partial charge in [0.2, 0.25) is 0 Å². The molecule has 0 fully saturated rings. The molecule has 0 saturated heterocycles. The summed E-state index contributed by atoms with van der Waals surface area (Å²) in [5, 5.41) is 5.48. The summed E-state index contributed by atoms with van der Waals surface area (Å²) in [6, 6.07) is 89.1. The lowest BCUT2D eigenvalue weighted by Crippen LogP contribution is -2.75. The van der Waals surface area contributed by atoms with E-state index in [-0.39, 0.29) is 0 Å². The van der Waals surface area contributed by atoms with E-state index in [4.69, 9.17) is 0 Å². The maximum atomic E-state index is 2.45. The van der Waals surface area contributed by atoms with Crippen molar-refractivity contribution in [3.63, 3.8) is 0 Å². The Balaban J connectivity index is 1.31. The van der Waals surface area contributed by atoms with Crippen LogP contribution in [0.3, 0.4) is 0 Å². The molecule has 1 aliphatic rings. The SMILES string of the molecule is c1ccc(N(c2ccccc2)c2ccc3c(c2)-c2ccccc2-c2cc(N(c4ccccc4)c4ccccc4)ccc2[Si]3(c2ccccc2)c2ccccc2)cc1. The fourth-order valence-corrected chi connectivity index (χ4v) is 14.0. The smallest absolute Gasteiger partial charge is 0.180 e. The first-order chi connectivity index (χ1) is 28.3. The van der Waals surface area contributed by atoms with Gasteiger partial charge in [0, 0.05) is 34.1 Å². The fraction of sp³-hybridized carbons (Fsp3) is 0. The van der Waals surface area contributed by atoms with Crippen molar-refractivity contribution in [1.29, 1.82) is 0 Å². The molecule has 0 unspecified atom stereocenters. The van der Waals surface area contributed by atoms with E-state index in [1.165, 1.54) is 43.0 Å². The van der Waals surface area contributed by atoms with Crippen molar-refractivity contribution >= 4 is 62.9 Å². The second kappa shape index (κ2) is 14.8. The van der Waals surface area contributed by atoms with Gasteiger partial charge in [-0.3, -0.25) is 0 Å². The van der Waals surface area contributed by atoms with Gasteiger partial charge in [-0.25, -0.2) is 0 Å². The van der Waals surface area contributed by atoms with Gasteiger partial charge < -0.3 is 9.80 Å². The summed E-state index contributed by atoms with van der Waals surface area (Å²) < 4.78 is 0. The predicted molar refractivity (Wildman–Crippen MR) is 244 cm³/mol. The first-order valence-electron chi connectivity index (χ1n) is 19.6. The van der Waals surface area contributed by atoms with Crippen LogP contribution >= 0.6 is 0 Å². The molecular weight excluding hydrogens is 705 g/mol. The number of hydrogen-bond donors (Lipinski definition) is 0. The van der Waals surface area contributed by atoms with Gasteiger partial charge >= 0.3 is 0 Å². The molecular formula is C54H40N2Si. The molecule has 0 spiro atoms. The summed E-state index contributed by atoms with van der Waals surface area (Å²) in [7, 11) is -2.99. The van der Waals surface area contributed by atoms with Crippen LogP contribution in [0.15, 0.2) is 243 Å². The zero-order chi connectivity index (χ0) is 38.0. The third-order valence-corrected chi connectivity index (χ3v) is 16.2. The van der Waals surface area contributed by atoms with Crippen molar-refractivity contribution in [3.05, 3.63) is 243 Å². The molecule has 1 heterocycles. The molecule has 0 N–H and O–H groups in total. The van der Waals surface area contributed by atoms with Gasteiger partial charge in [-0.05, 0) is 116 Å². The molecule has 57 heavy (non-hydrogen) atoms. The molecule has 0 amide bonds. The number of hydrogen-bond acceptors (Lipinski definition) is 2. The molecule has 10 rings (SSSR count). The average Bonchev–Trinajstić information content (AvgIpc) is 3.40. The van der Waals surface area contributed by atoms with Crippen LogP contribution in [-0.4, -0.2) is 8.07 Å². The Bertz CT molecular complexity index is 2500. The average molecular weight is 745 g/mol. The highest BCUT2D eigenvalue weighted by molar-refractivity contribution is 7.21. The van der Waals surface area contributed by atoms with E-state index >= 15 is 0 Å². The van der Waals surface area contributed by atoms with Crippen LogP contribution in [0.4, 0.5) is 34.1 Å². The normalized spacial score (nSPS) is 12.4. The standard InChI is InChI=1S/C54H40N2Si/c1-7-21-41(22-8-1)55(42-23-9-2-10-24-42)45-35-37-53-51(39-45)49-33-19-20-34-50(49)52-40-46(56(43-25-11-3-12-26-43)44-27-13-4-14-28-44)36-38-54(52)57(53,47-29-15-5-16-30-47)48-31-17-6-18-32-48/h1-40H. The third kappa shape index (κ3) is 5.97. The minimum absolute atomic E-state index is 1.12. The number of benzene rings is 9. The first-order valence-corrected chi connectivity index (χ1v) is 21.6. The minimum atomic E-state index is -2.99. The van der Waals surface area contributed by atoms with Crippen molar-refractivity contribution in [3.8, 4) is 22.3 Å². The van der Waals surface area contributed by atoms with Crippen LogP contribution in [0.5, 0.6) is 0 Å². The van der Waals surface area contributed by atoms with Gasteiger partial charge in [0.1, 0.15) is 0 Å². The van der Waals surface area contributed by atoms with Crippen molar-refractivity contribution < 1.29 is 0 Å². The van der Waals surface area contributed by atoms with Crippen LogP contribution in [-0.2, 0) is 0 Å². The lowest BCUT2D eigenvalue weighted by Gasteiger charge is -2.37. The quantitative estimate of drug-likeness (QED) is 0.143. The molecule has 0 atom stereocenters. The Hall–Kier alpha value is -7.20. The molecule has 0 aromatic heterocycles. The molecule has 0 bridgehead atoms. The molecule has 3 heteroatoms. The van der Waals surface area contributed by atoms with E-state index in [1.54, 1.807) is 0 Å². The maximum absolute atomic E-state index is 2.99. The Labute approximate surface area is 336 Å². The topological polar surface area (TPSA) is 6.48 Å². The van der Waals surface area contributed by atoms with Crippen molar-refractivity contribution in [2.45, 2.75) is 0 Å². The summed E-state index contributed by atoms with van der Waals surface area (Å²) in [5.74, 6) is 0. The zero-order valence-electron chi connectivity index (χ0n) is 31.5. The number of anilines is 6. The third-order valence-electron chi connectivity index (χ3n) is 11.3. The summed E-state index contributed by atoms with van der Waals surface area (Å²) >= 11 is 0. The summed E-state index contributed by atoms with van der Waals surface area (Å²) in [4.78, 5) is 4.76. The summed E-state index contributed by atoms with van der Waals surface area (Å²) in [6.07, 6.45) is 0. The Morgan fingerprint density at radius 3 is 0.825 bits per heavy atom. The van der Waals surface area contributed by atoms with Gasteiger partial charge in [0.15, 0.2) is 8.07 Å². The molecule has 0 radical (unpaired) electrons. The van der Waals surface area contributed by atoms with E-state index in [0.29, 0.717) is 0 Å². The Morgan fingerprint density at radius 2 is 0.509 bits per heavy atom. The molecule has 1 aliphatic heterocycles. The van der Waals surface area contributed by atoms with Crippen molar-refractivity contribution in [2.24, 2.45) is 0 Å². The van der Waals surface area contributed by atoms with Crippen LogP contribution in [0, 0.1) is 0 Å². The summed E-state index contributed by atoms with van der Waals surface area (Å²) in [5.41, 5.74) is 11.7. The monoisotopic (exact) mass is 744 g/mol. The van der Waals surface area contributed by atoms with Crippen molar-refractivity contribution in [2.75, 3.05) is 9.80 Å². The van der Waals surface area contributed by atoms with E-state index < -0.39 is 8.07 Å². The molecule has 2 nitrogen and oxygen atoms in total. The minimum Gasteiger partial charge on any atom is -0.310 e. The molecule has 9 aromatic rings. The highest BCUT2D eigenvalue weighted by atomic mass is 28.3. The van der Waals surface area contributed by atoms with Gasteiger partial charge in [0.05, 0.1) is 0 Å². The molecule has 0 saturated carbocycles. The zero-order valence-corrected chi connectivity index (χ0v) is 32.5. The molecule has 270 valence electrons. The second-order valence-corrected chi connectivity index (χ2v) is 18.2. The Morgan fingerprint density at radius 1 is 0.228 bits per heavy atom. The van der Waals surface area contributed by atoms with Crippen LogP contribution in [0.2, 0.25) is 0 Å². The lowest BCUT2D eigenvalue weighted by atomic mass is 9.93. The van der Waals surface area contributed by atoms with E-state index in [9.17, 15) is 0 Å². The number of nitrogens with zero attached hydrogens (tertiary/aromatic N) is 2. The highest BCUT2D eigenvalue weighted by Crippen LogP contribution is 2.43. The van der Waals surface area contributed by atoms with Gasteiger partial charge in [0.25, 0.3) is 0 Å². The number of rotatable bonds is 8. The fourth-order valence-electron chi connectivity index (χ4n) is 8.91. The highest BCUT2D eigenvalue weighted by Gasteiger charge is 2.46. The van der Waals surface area contributed by atoms with Gasteiger partial charge in [-0.1, -0.05) is 170 Å². The number of fused-ring (bicyclic) bond motifs is 5. The second-order valence-electron chi connectivity index (χ2n) is 14.5. The predicted octanol–water partition coefficient (Wildman–Crippen LogP) is 11.7. The van der Waals surface area contributed by atoms with Crippen LogP contribution in [0.25, 0.3) is 22.3 Å². The van der Waals surface area contributed by atoms with E-state index in [2.05, 4.69) is 252 Å². The summed E-state index contributed by atoms with van der Waals surface area (Å²) in [6.45, 7) is 0. The van der Waals surface area contributed by atoms with Crippen molar-refractivity contribution in [1.82, 2.24) is 0 Å². The van der Waals surface area contributed by atoms with E-state index in [1.807, 2.05) is 0 Å². The Kier molecular flexibility index (Phi) is 8.90. The molecule has 0 aliphatic carbocycles. The molecule has 9 aromatic carbocycles. The van der Waals surface area contributed by atoms with Crippen LogP contribution in [0.1, 0.15) is 0 Å². The number of para-hydroxylation sites is 4. The van der Waals surface area contributed by atoms with Gasteiger partial charge in [-0.2, -0.15) is 0 Å². The maximum Gasteiger partial charge on any atom is 0.180 e. The van der Waals surface area contributed by atoms with Crippen LogP contribution < -0.4 is 30.5 Å². The first kappa shape index (κ1) is 34.3.